The largest absolute Gasteiger partial charge is 0.494 e. The van der Waals surface area contributed by atoms with E-state index in [1.807, 2.05) is 29.1 Å². The van der Waals surface area contributed by atoms with Gasteiger partial charge < -0.3 is 15.4 Å². The first-order valence-electron chi connectivity index (χ1n) is 8.89. The molecule has 0 spiro atoms. The van der Waals surface area contributed by atoms with Crippen LogP contribution >= 0.6 is 0 Å². The predicted molar refractivity (Wildman–Crippen MR) is 102 cm³/mol. The molecular weight excluding hydrogens is 314 g/mol. The molecule has 136 valence electrons. The highest BCUT2D eigenvalue weighted by molar-refractivity contribution is 5.79. The summed E-state index contributed by atoms with van der Waals surface area (Å²) in [5.41, 5.74) is 1.25. The van der Waals surface area contributed by atoms with E-state index in [2.05, 4.69) is 39.8 Å². The van der Waals surface area contributed by atoms with Gasteiger partial charge in [-0.05, 0) is 44.4 Å². The molecule has 25 heavy (non-hydrogen) atoms. The van der Waals surface area contributed by atoms with Crippen molar-refractivity contribution in [1.29, 1.82) is 0 Å². The number of unbranched alkanes of at least 4 members (excludes halogenated alkanes) is 1. The number of nitrogens with one attached hydrogen (secondary N) is 2. The molecule has 1 heterocycles. The van der Waals surface area contributed by atoms with Gasteiger partial charge in [0.2, 0.25) is 0 Å². The monoisotopic (exact) mass is 343 g/mol. The van der Waals surface area contributed by atoms with E-state index in [1.165, 1.54) is 5.56 Å². The summed E-state index contributed by atoms with van der Waals surface area (Å²) in [7, 11) is 1.79. The number of hydrogen-bond acceptors (Lipinski definition) is 3. The van der Waals surface area contributed by atoms with Crippen molar-refractivity contribution in [3.8, 4) is 5.75 Å². The van der Waals surface area contributed by atoms with Crippen LogP contribution in [0.25, 0.3) is 0 Å². The Kier molecular flexibility index (Phi) is 8.38. The molecule has 0 amide bonds. The van der Waals surface area contributed by atoms with Gasteiger partial charge >= 0.3 is 0 Å². The second kappa shape index (κ2) is 11.1. The Hall–Kier alpha value is -2.50. The fraction of sp³-hybridized carbons (Fsp3) is 0.474. The molecule has 0 saturated carbocycles. The Morgan fingerprint density at radius 1 is 1.12 bits per heavy atom. The molecule has 2 N–H and O–H groups in total. The van der Waals surface area contributed by atoms with Crippen molar-refractivity contribution in [1.82, 2.24) is 20.4 Å². The normalized spacial score (nSPS) is 11.4. The Balaban J connectivity index is 1.48. The molecule has 6 heteroatoms. The van der Waals surface area contributed by atoms with Crippen LogP contribution in [-0.2, 0) is 6.54 Å². The third-order valence-electron chi connectivity index (χ3n) is 3.79. The summed E-state index contributed by atoms with van der Waals surface area (Å²) >= 11 is 0. The van der Waals surface area contributed by atoms with Crippen molar-refractivity contribution in [2.75, 3.05) is 26.7 Å². The zero-order chi connectivity index (χ0) is 17.7. The second-order valence-electron chi connectivity index (χ2n) is 5.92. The average Bonchev–Trinajstić information content (AvgIpc) is 3.14. The highest BCUT2D eigenvalue weighted by Gasteiger charge is 1.98. The van der Waals surface area contributed by atoms with Crippen LogP contribution in [0.15, 0.2) is 47.7 Å². The molecule has 1 aromatic carbocycles. The molecule has 2 aromatic rings. The number of benzene rings is 1. The van der Waals surface area contributed by atoms with Crippen molar-refractivity contribution in [2.24, 2.45) is 4.99 Å². The maximum atomic E-state index is 5.73. The summed E-state index contributed by atoms with van der Waals surface area (Å²) in [4.78, 5) is 4.24. The molecule has 0 aliphatic carbocycles. The van der Waals surface area contributed by atoms with Gasteiger partial charge in [-0.1, -0.05) is 17.7 Å². The van der Waals surface area contributed by atoms with Gasteiger partial charge in [-0.3, -0.25) is 9.67 Å². The summed E-state index contributed by atoms with van der Waals surface area (Å²) in [6.07, 6.45) is 6.84. The topological polar surface area (TPSA) is 63.5 Å². The standard InChI is InChI=1S/C19H29N5O/c1-17-7-9-18(10-8-17)25-16-4-3-11-21-19(20-2)22-12-5-14-24-15-6-13-23-24/h6-10,13,15H,3-5,11-12,14,16H2,1-2H3,(H2,20,21,22). The van der Waals surface area contributed by atoms with Crippen LogP contribution in [0.2, 0.25) is 0 Å². The number of guanidine groups is 1. The molecule has 0 atom stereocenters. The number of aryl methyl sites for hydroxylation is 2. The average molecular weight is 343 g/mol. The molecule has 0 aliphatic heterocycles. The lowest BCUT2D eigenvalue weighted by Crippen LogP contribution is -2.38. The maximum absolute atomic E-state index is 5.73. The van der Waals surface area contributed by atoms with Gasteiger partial charge in [-0.2, -0.15) is 5.10 Å². The lowest BCUT2D eigenvalue weighted by molar-refractivity contribution is 0.307. The smallest absolute Gasteiger partial charge is 0.190 e. The summed E-state index contributed by atoms with van der Waals surface area (Å²) < 4.78 is 7.66. The Labute approximate surface area is 150 Å². The van der Waals surface area contributed by atoms with Gasteiger partial charge in [-0.25, -0.2) is 0 Å². The predicted octanol–water partition coefficient (Wildman–Crippen LogP) is 2.61. The molecule has 0 bridgehead atoms. The molecule has 0 aliphatic rings. The summed E-state index contributed by atoms with van der Waals surface area (Å²) in [6.45, 7) is 5.48. The molecular formula is C19H29N5O. The van der Waals surface area contributed by atoms with Crippen LogP contribution in [0.4, 0.5) is 0 Å². The van der Waals surface area contributed by atoms with Gasteiger partial charge in [0.05, 0.1) is 6.61 Å². The van der Waals surface area contributed by atoms with Gasteiger partial charge in [-0.15, -0.1) is 0 Å². The highest BCUT2D eigenvalue weighted by atomic mass is 16.5. The lowest BCUT2D eigenvalue weighted by atomic mass is 10.2. The fourth-order valence-corrected chi connectivity index (χ4v) is 2.36. The van der Waals surface area contributed by atoms with Gasteiger partial charge in [0, 0.05) is 39.1 Å². The minimum atomic E-state index is 0.737. The maximum Gasteiger partial charge on any atom is 0.190 e. The van der Waals surface area contributed by atoms with Crippen LogP contribution in [-0.4, -0.2) is 42.5 Å². The zero-order valence-corrected chi connectivity index (χ0v) is 15.2. The van der Waals surface area contributed by atoms with Crippen LogP contribution in [0.3, 0.4) is 0 Å². The molecule has 0 fully saturated rings. The Morgan fingerprint density at radius 3 is 2.56 bits per heavy atom. The summed E-state index contributed by atoms with van der Waals surface area (Å²) in [5, 5.41) is 10.8. The van der Waals surface area contributed by atoms with Crippen molar-refractivity contribution >= 4 is 5.96 Å². The van der Waals surface area contributed by atoms with Crippen molar-refractivity contribution in [3.05, 3.63) is 48.3 Å². The van der Waals surface area contributed by atoms with Gasteiger partial charge in [0.15, 0.2) is 5.96 Å². The first-order valence-corrected chi connectivity index (χ1v) is 8.89. The van der Waals surface area contributed by atoms with Crippen LogP contribution in [0.1, 0.15) is 24.8 Å². The fourth-order valence-electron chi connectivity index (χ4n) is 2.36. The van der Waals surface area contributed by atoms with E-state index >= 15 is 0 Å². The van der Waals surface area contributed by atoms with Crippen molar-refractivity contribution in [2.45, 2.75) is 32.7 Å². The van der Waals surface area contributed by atoms with E-state index in [1.54, 1.807) is 13.2 Å². The van der Waals surface area contributed by atoms with E-state index in [4.69, 9.17) is 4.74 Å². The van der Waals surface area contributed by atoms with Gasteiger partial charge in [0.1, 0.15) is 5.75 Å². The third-order valence-corrected chi connectivity index (χ3v) is 3.79. The lowest BCUT2D eigenvalue weighted by Gasteiger charge is -2.12. The minimum absolute atomic E-state index is 0.737. The number of nitrogens with zero attached hydrogens (tertiary/aromatic N) is 3. The number of aliphatic imine (C=N–C) groups is 1. The second-order valence-corrected chi connectivity index (χ2v) is 5.92. The molecule has 6 nitrogen and oxygen atoms in total. The zero-order valence-electron chi connectivity index (χ0n) is 15.2. The quantitative estimate of drug-likeness (QED) is 0.395. The molecule has 0 saturated heterocycles. The summed E-state index contributed by atoms with van der Waals surface area (Å²) in [5.74, 6) is 1.79. The minimum Gasteiger partial charge on any atom is -0.494 e. The SMILES string of the molecule is CN=C(NCCCCOc1ccc(C)cc1)NCCCn1cccn1. The van der Waals surface area contributed by atoms with Crippen molar-refractivity contribution < 1.29 is 4.74 Å². The van der Waals surface area contributed by atoms with E-state index in [0.29, 0.717) is 0 Å². The van der Waals surface area contributed by atoms with E-state index < -0.39 is 0 Å². The molecule has 2 rings (SSSR count). The van der Waals surface area contributed by atoms with E-state index in [9.17, 15) is 0 Å². The highest BCUT2D eigenvalue weighted by Crippen LogP contribution is 2.11. The van der Waals surface area contributed by atoms with Crippen LogP contribution in [0.5, 0.6) is 5.75 Å². The van der Waals surface area contributed by atoms with Gasteiger partial charge in [0.25, 0.3) is 0 Å². The Morgan fingerprint density at radius 2 is 1.88 bits per heavy atom. The number of ether oxygens (including phenoxy) is 1. The first-order chi connectivity index (χ1) is 12.3. The molecule has 0 unspecified atom stereocenters. The number of rotatable bonds is 10. The first kappa shape index (κ1) is 18.8. The van der Waals surface area contributed by atoms with E-state index in [0.717, 1.165) is 57.2 Å². The van der Waals surface area contributed by atoms with Crippen molar-refractivity contribution in [3.63, 3.8) is 0 Å². The molecule has 1 aromatic heterocycles. The summed E-state index contributed by atoms with van der Waals surface area (Å²) in [6, 6.07) is 10.1. The number of aromatic nitrogens is 2. The van der Waals surface area contributed by atoms with Crippen LogP contribution in [0, 0.1) is 6.92 Å². The Bertz CT molecular complexity index is 607. The van der Waals surface area contributed by atoms with E-state index in [-0.39, 0.29) is 0 Å². The third kappa shape index (κ3) is 7.74. The number of hydrogen-bond donors (Lipinski definition) is 2. The van der Waals surface area contributed by atoms with Crippen LogP contribution < -0.4 is 15.4 Å². The molecule has 0 radical (unpaired) electrons.